The monoisotopic (exact) mass is 351 g/mol. The van der Waals surface area contributed by atoms with Gasteiger partial charge >= 0.3 is 6.03 Å². The van der Waals surface area contributed by atoms with Crippen LogP contribution in [0.4, 0.5) is 10.5 Å². The highest BCUT2D eigenvalue weighted by Crippen LogP contribution is 2.31. The summed E-state index contributed by atoms with van der Waals surface area (Å²) in [6.07, 6.45) is 4.60. The maximum Gasteiger partial charge on any atom is 0.322 e. The van der Waals surface area contributed by atoms with E-state index in [1.165, 1.54) is 0 Å². The Balaban J connectivity index is 1.52. The van der Waals surface area contributed by atoms with Crippen molar-refractivity contribution in [3.8, 4) is 11.3 Å². The van der Waals surface area contributed by atoms with Crippen molar-refractivity contribution in [2.45, 2.75) is 32.2 Å². The van der Waals surface area contributed by atoms with Crippen LogP contribution in [0, 0.1) is 6.92 Å². The van der Waals surface area contributed by atoms with Crippen LogP contribution < -0.4 is 5.32 Å². The number of furan rings is 1. The van der Waals surface area contributed by atoms with Crippen molar-refractivity contribution in [1.29, 1.82) is 0 Å². The third-order valence-electron chi connectivity index (χ3n) is 4.67. The van der Waals surface area contributed by atoms with Gasteiger partial charge in [0.2, 0.25) is 0 Å². The predicted molar refractivity (Wildman–Crippen MR) is 97.7 cm³/mol. The van der Waals surface area contributed by atoms with E-state index in [0.29, 0.717) is 6.54 Å². The number of hydrogen-bond donors (Lipinski definition) is 1. The molecule has 1 aliphatic rings. The molecular weight excluding hydrogens is 330 g/mol. The van der Waals surface area contributed by atoms with Crippen LogP contribution in [0.15, 0.2) is 57.7 Å². The molecule has 0 aliphatic carbocycles. The maximum atomic E-state index is 12.9. The molecule has 1 N–H and O–H groups in total. The van der Waals surface area contributed by atoms with Crippen molar-refractivity contribution >= 4 is 11.7 Å². The highest BCUT2D eigenvalue weighted by Gasteiger charge is 2.30. The fourth-order valence-electron chi connectivity index (χ4n) is 3.41. The van der Waals surface area contributed by atoms with E-state index in [1.807, 2.05) is 54.3 Å². The summed E-state index contributed by atoms with van der Waals surface area (Å²) in [5.41, 5.74) is 2.49. The van der Waals surface area contributed by atoms with E-state index in [4.69, 9.17) is 8.94 Å². The van der Waals surface area contributed by atoms with Crippen LogP contribution in [0.1, 0.15) is 36.8 Å². The Morgan fingerprint density at radius 1 is 1.23 bits per heavy atom. The zero-order chi connectivity index (χ0) is 17.9. The van der Waals surface area contributed by atoms with Crippen LogP contribution in [0.3, 0.4) is 0 Å². The molecule has 0 saturated carbocycles. The third kappa shape index (κ3) is 3.35. The summed E-state index contributed by atoms with van der Waals surface area (Å²) in [5, 5.41) is 7.13. The van der Waals surface area contributed by atoms with Crippen LogP contribution in [0.2, 0.25) is 0 Å². The molecule has 134 valence electrons. The SMILES string of the molecule is Cc1cc(C2CCCCN2C(=O)Nc2cccc(-c3ccco3)c2)no1. The third-order valence-corrected chi connectivity index (χ3v) is 4.67. The van der Waals surface area contributed by atoms with Crippen molar-refractivity contribution < 1.29 is 13.7 Å². The summed E-state index contributed by atoms with van der Waals surface area (Å²) in [5.74, 6) is 1.53. The van der Waals surface area contributed by atoms with E-state index in [0.717, 1.165) is 47.7 Å². The molecule has 0 radical (unpaired) electrons. The average molecular weight is 351 g/mol. The summed E-state index contributed by atoms with van der Waals surface area (Å²) in [6.45, 7) is 2.57. The lowest BCUT2D eigenvalue weighted by molar-refractivity contribution is 0.159. The Morgan fingerprint density at radius 3 is 2.92 bits per heavy atom. The number of urea groups is 1. The molecule has 1 aliphatic heterocycles. The Hall–Kier alpha value is -3.02. The van der Waals surface area contributed by atoms with Gasteiger partial charge in [-0.15, -0.1) is 0 Å². The van der Waals surface area contributed by atoms with Gasteiger partial charge in [0.25, 0.3) is 0 Å². The second-order valence-electron chi connectivity index (χ2n) is 6.56. The average Bonchev–Trinajstić information content (AvgIpc) is 3.34. The number of aromatic nitrogens is 1. The number of aryl methyl sites for hydroxylation is 1. The van der Waals surface area contributed by atoms with Gasteiger partial charge in [-0.2, -0.15) is 0 Å². The molecule has 3 aromatic rings. The topological polar surface area (TPSA) is 71.5 Å². The molecule has 1 atom stereocenters. The lowest BCUT2D eigenvalue weighted by Crippen LogP contribution is -2.41. The first-order valence-electron chi connectivity index (χ1n) is 8.85. The number of benzene rings is 1. The van der Waals surface area contributed by atoms with E-state index in [9.17, 15) is 4.79 Å². The molecule has 1 fully saturated rings. The summed E-state index contributed by atoms with van der Waals surface area (Å²) >= 11 is 0. The minimum absolute atomic E-state index is 0.0468. The van der Waals surface area contributed by atoms with Crippen molar-refractivity contribution in [2.24, 2.45) is 0 Å². The van der Waals surface area contributed by atoms with Crippen molar-refractivity contribution in [2.75, 3.05) is 11.9 Å². The zero-order valence-corrected chi connectivity index (χ0v) is 14.6. The molecule has 6 heteroatoms. The minimum Gasteiger partial charge on any atom is -0.464 e. The molecule has 0 bridgehead atoms. The summed E-state index contributed by atoms with van der Waals surface area (Å²) in [4.78, 5) is 14.7. The smallest absolute Gasteiger partial charge is 0.322 e. The molecule has 4 rings (SSSR count). The number of piperidine rings is 1. The number of rotatable bonds is 3. The van der Waals surface area contributed by atoms with Crippen LogP contribution in [0.25, 0.3) is 11.3 Å². The van der Waals surface area contributed by atoms with Crippen molar-refractivity contribution in [3.05, 3.63) is 60.2 Å². The Morgan fingerprint density at radius 2 is 2.15 bits per heavy atom. The quantitative estimate of drug-likeness (QED) is 0.720. The summed E-state index contributed by atoms with van der Waals surface area (Å²) in [6, 6.07) is 13.1. The van der Waals surface area contributed by atoms with Crippen LogP contribution in [-0.2, 0) is 0 Å². The van der Waals surface area contributed by atoms with Gasteiger partial charge in [0, 0.05) is 23.9 Å². The lowest BCUT2D eigenvalue weighted by Gasteiger charge is -2.34. The minimum atomic E-state index is -0.119. The van der Waals surface area contributed by atoms with E-state index < -0.39 is 0 Å². The van der Waals surface area contributed by atoms with E-state index in [2.05, 4.69) is 10.5 Å². The lowest BCUT2D eigenvalue weighted by atomic mass is 9.99. The maximum absolute atomic E-state index is 12.9. The van der Waals surface area contributed by atoms with Gasteiger partial charge in [-0.25, -0.2) is 4.79 Å². The largest absolute Gasteiger partial charge is 0.464 e. The Labute approximate surface area is 151 Å². The molecule has 2 aromatic heterocycles. The fraction of sp³-hybridized carbons (Fsp3) is 0.300. The van der Waals surface area contributed by atoms with E-state index in [1.54, 1.807) is 6.26 Å². The summed E-state index contributed by atoms with van der Waals surface area (Å²) < 4.78 is 10.6. The molecule has 26 heavy (non-hydrogen) atoms. The van der Waals surface area contributed by atoms with Gasteiger partial charge in [0.15, 0.2) is 0 Å². The molecule has 1 saturated heterocycles. The standard InChI is InChI=1S/C20H21N3O3/c1-14-12-17(22-26-14)18-8-2-3-10-23(18)20(24)21-16-7-4-6-15(13-16)19-9-5-11-25-19/h4-7,9,11-13,18H,2-3,8,10H2,1H3,(H,21,24). The molecule has 1 unspecified atom stereocenters. The van der Waals surface area contributed by atoms with E-state index >= 15 is 0 Å². The Kier molecular flexibility index (Phi) is 4.48. The normalized spacial score (nSPS) is 17.3. The Bertz CT molecular complexity index is 885. The first-order valence-corrected chi connectivity index (χ1v) is 8.85. The molecule has 3 heterocycles. The number of nitrogens with zero attached hydrogens (tertiary/aromatic N) is 2. The highest BCUT2D eigenvalue weighted by molar-refractivity contribution is 5.90. The van der Waals surface area contributed by atoms with Crippen molar-refractivity contribution in [1.82, 2.24) is 10.1 Å². The first kappa shape index (κ1) is 16.4. The predicted octanol–water partition coefficient (Wildman–Crippen LogP) is 5.00. The summed E-state index contributed by atoms with van der Waals surface area (Å²) in [7, 11) is 0. The number of nitrogens with one attached hydrogen (secondary N) is 1. The molecular formula is C20H21N3O3. The second kappa shape index (κ2) is 7.07. The molecule has 0 spiro atoms. The fourth-order valence-corrected chi connectivity index (χ4v) is 3.41. The number of carbonyl (C=O) groups is 1. The number of anilines is 1. The van der Waals surface area contributed by atoms with Gasteiger partial charge in [0.05, 0.1) is 12.3 Å². The zero-order valence-electron chi connectivity index (χ0n) is 14.6. The first-order chi connectivity index (χ1) is 12.7. The van der Waals surface area contributed by atoms with Crippen molar-refractivity contribution in [3.63, 3.8) is 0 Å². The number of carbonyl (C=O) groups excluding carboxylic acids is 1. The van der Waals surface area contributed by atoms with E-state index in [-0.39, 0.29) is 12.1 Å². The van der Waals surface area contributed by atoms with Gasteiger partial charge in [0.1, 0.15) is 17.2 Å². The van der Waals surface area contributed by atoms with Crippen LogP contribution >= 0.6 is 0 Å². The van der Waals surface area contributed by atoms with Crippen LogP contribution in [0.5, 0.6) is 0 Å². The molecule has 2 amide bonds. The van der Waals surface area contributed by atoms with Gasteiger partial charge in [-0.1, -0.05) is 17.3 Å². The van der Waals surface area contributed by atoms with Gasteiger partial charge in [-0.3, -0.25) is 0 Å². The number of hydrogen-bond acceptors (Lipinski definition) is 4. The molecule has 1 aromatic carbocycles. The second-order valence-corrected chi connectivity index (χ2v) is 6.56. The molecule has 6 nitrogen and oxygen atoms in total. The number of likely N-dealkylation sites (tertiary alicyclic amines) is 1. The van der Waals surface area contributed by atoms with Crippen LogP contribution in [-0.4, -0.2) is 22.6 Å². The number of amides is 2. The van der Waals surface area contributed by atoms with Gasteiger partial charge in [-0.05, 0) is 50.5 Å². The van der Waals surface area contributed by atoms with Gasteiger partial charge < -0.3 is 19.2 Å². The highest BCUT2D eigenvalue weighted by atomic mass is 16.5.